The van der Waals surface area contributed by atoms with Gasteiger partial charge in [-0.3, -0.25) is 9.59 Å². The molecule has 0 saturated heterocycles. The third-order valence-electron chi connectivity index (χ3n) is 3.88. The van der Waals surface area contributed by atoms with Crippen molar-refractivity contribution in [1.29, 1.82) is 0 Å². The van der Waals surface area contributed by atoms with Crippen LogP contribution in [-0.2, 0) is 17.1 Å². The molecule has 3 aromatic rings. The van der Waals surface area contributed by atoms with E-state index in [1.807, 2.05) is 0 Å². The van der Waals surface area contributed by atoms with Gasteiger partial charge in [-0.2, -0.15) is 11.8 Å². The summed E-state index contributed by atoms with van der Waals surface area (Å²) in [5, 5.41) is 11.1. The second-order valence-electron chi connectivity index (χ2n) is 5.96. The van der Waals surface area contributed by atoms with Gasteiger partial charge in [0.15, 0.2) is 0 Å². The maximum atomic E-state index is 12.3. The van der Waals surface area contributed by atoms with Gasteiger partial charge in [0.25, 0.3) is 5.56 Å². The zero-order valence-corrected chi connectivity index (χ0v) is 15.3. The van der Waals surface area contributed by atoms with E-state index in [1.165, 1.54) is 11.1 Å². The number of rotatable bonds is 7. The highest BCUT2D eigenvalue weighted by Crippen LogP contribution is 2.12. The van der Waals surface area contributed by atoms with Crippen molar-refractivity contribution in [3.8, 4) is 0 Å². The Morgan fingerprint density at radius 1 is 1.15 bits per heavy atom. The molecule has 26 heavy (non-hydrogen) atoms. The molecule has 1 amide bonds. The predicted molar refractivity (Wildman–Crippen MR) is 104 cm³/mol. The molecule has 0 aliphatic rings. The van der Waals surface area contributed by atoms with Gasteiger partial charge in [-0.25, -0.2) is 4.68 Å². The van der Waals surface area contributed by atoms with E-state index < -0.39 is 0 Å². The molecule has 0 aliphatic carbocycles. The van der Waals surface area contributed by atoms with Crippen LogP contribution in [0.5, 0.6) is 0 Å². The summed E-state index contributed by atoms with van der Waals surface area (Å²) in [5.41, 5.74) is 2.74. The van der Waals surface area contributed by atoms with E-state index in [1.54, 1.807) is 36.0 Å². The Hall–Kier alpha value is -2.67. The number of thioether (sulfide) groups is 1. The maximum Gasteiger partial charge on any atom is 0.278 e. The molecule has 0 atom stereocenters. The fourth-order valence-electron chi connectivity index (χ4n) is 2.46. The number of nitrogens with one attached hydrogen (secondary N) is 1. The highest BCUT2D eigenvalue weighted by atomic mass is 32.2. The number of benzene rings is 2. The molecule has 0 spiro atoms. The first-order chi connectivity index (χ1) is 12.6. The monoisotopic (exact) mass is 368 g/mol. The molecule has 1 heterocycles. The van der Waals surface area contributed by atoms with Gasteiger partial charge in [-0.1, -0.05) is 47.2 Å². The Labute approximate surface area is 155 Å². The topological polar surface area (TPSA) is 76.9 Å². The van der Waals surface area contributed by atoms with E-state index in [0.717, 1.165) is 16.2 Å². The van der Waals surface area contributed by atoms with E-state index in [0.29, 0.717) is 17.4 Å². The first-order valence-electron chi connectivity index (χ1n) is 8.36. The Bertz CT molecular complexity index is 954. The van der Waals surface area contributed by atoms with Gasteiger partial charge in [0.1, 0.15) is 12.1 Å². The number of carbonyl (C=O) groups excluding carboxylic acids is 1. The molecule has 0 bridgehead atoms. The van der Waals surface area contributed by atoms with Gasteiger partial charge in [0, 0.05) is 18.1 Å². The van der Waals surface area contributed by atoms with Crippen molar-refractivity contribution >= 4 is 28.6 Å². The molecule has 2 aromatic carbocycles. The van der Waals surface area contributed by atoms with Crippen LogP contribution >= 0.6 is 11.8 Å². The fourth-order valence-corrected chi connectivity index (χ4v) is 3.27. The summed E-state index contributed by atoms with van der Waals surface area (Å²) in [6.45, 7) is 2.49. The number of amides is 1. The summed E-state index contributed by atoms with van der Waals surface area (Å²) in [7, 11) is 0. The van der Waals surface area contributed by atoms with Crippen LogP contribution in [0.1, 0.15) is 11.1 Å². The highest BCUT2D eigenvalue weighted by molar-refractivity contribution is 7.98. The van der Waals surface area contributed by atoms with Crippen LogP contribution in [0.25, 0.3) is 10.9 Å². The number of nitrogens with zero attached hydrogens (tertiary/aromatic N) is 3. The van der Waals surface area contributed by atoms with Crippen LogP contribution < -0.4 is 10.9 Å². The molecule has 7 heteroatoms. The molecule has 0 aliphatic heterocycles. The minimum atomic E-state index is -0.306. The van der Waals surface area contributed by atoms with E-state index in [9.17, 15) is 9.59 Å². The summed E-state index contributed by atoms with van der Waals surface area (Å²) in [6, 6.07) is 15.4. The van der Waals surface area contributed by atoms with Gasteiger partial charge in [-0.15, -0.1) is 5.10 Å². The molecule has 1 aromatic heterocycles. The summed E-state index contributed by atoms with van der Waals surface area (Å²) in [5.74, 6) is 1.47. The average Bonchev–Trinajstić information content (AvgIpc) is 2.65. The third-order valence-corrected chi connectivity index (χ3v) is 4.91. The molecule has 1 N–H and O–H groups in total. The second kappa shape index (κ2) is 8.62. The van der Waals surface area contributed by atoms with Crippen molar-refractivity contribution in [3.63, 3.8) is 0 Å². The fraction of sp³-hybridized carbons (Fsp3) is 0.263. The standard InChI is InChI=1S/C19H20N4O2S/c1-14-6-8-15(9-7-14)13-26-11-10-20-18(24)12-23-19(25)16-4-2-3-5-17(16)21-22-23/h2-9H,10-13H2,1H3,(H,20,24). The lowest BCUT2D eigenvalue weighted by Crippen LogP contribution is -2.35. The van der Waals surface area contributed by atoms with E-state index in [-0.39, 0.29) is 18.0 Å². The van der Waals surface area contributed by atoms with Gasteiger partial charge in [0.05, 0.1) is 5.39 Å². The van der Waals surface area contributed by atoms with Crippen molar-refractivity contribution in [2.45, 2.75) is 19.2 Å². The molecule has 0 unspecified atom stereocenters. The minimum absolute atomic E-state index is 0.126. The molecule has 3 rings (SSSR count). The van der Waals surface area contributed by atoms with Crippen LogP contribution in [0.2, 0.25) is 0 Å². The van der Waals surface area contributed by atoms with E-state index in [4.69, 9.17) is 0 Å². The van der Waals surface area contributed by atoms with E-state index in [2.05, 4.69) is 46.8 Å². The van der Waals surface area contributed by atoms with Gasteiger partial charge in [-0.05, 0) is 24.6 Å². The second-order valence-corrected chi connectivity index (χ2v) is 7.06. The van der Waals surface area contributed by atoms with E-state index >= 15 is 0 Å². The Kier molecular flexibility index (Phi) is 6.01. The maximum absolute atomic E-state index is 12.3. The van der Waals surface area contributed by atoms with Crippen molar-refractivity contribution in [1.82, 2.24) is 20.3 Å². The van der Waals surface area contributed by atoms with Crippen molar-refractivity contribution in [2.24, 2.45) is 0 Å². The molecule has 6 nitrogen and oxygen atoms in total. The number of hydrogen-bond donors (Lipinski definition) is 1. The Morgan fingerprint density at radius 2 is 1.92 bits per heavy atom. The van der Waals surface area contributed by atoms with Crippen molar-refractivity contribution < 1.29 is 4.79 Å². The van der Waals surface area contributed by atoms with Gasteiger partial charge < -0.3 is 5.32 Å². The molecular formula is C19H20N4O2S. The van der Waals surface area contributed by atoms with Crippen LogP contribution in [-0.4, -0.2) is 33.2 Å². The molecule has 0 radical (unpaired) electrons. The number of aryl methyl sites for hydroxylation is 1. The average molecular weight is 368 g/mol. The summed E-state index contributed by atoms with van der Waals surface area (Å²) in [6.07, 6.45) is 0. The van der Waals surface area contributed by atoms with Crippen molar-refractivity contribution in [2.75, 3.05) is 12.3 Å². The third kappa shape index (κ3) is 4.70. The van der Waals surface area contributed by atoms with Crippen LogP contribution in [0.15, 0.2) is 53.3 Å². The number of carbonyl (C=O) groups is 1. The molecular weight excluding hydrogens is 348 g/mol. The summed E-state index contributed by atoms with van der Waals surface area (Å²) < 4.78 is 1.09. The lowest BCUT2D eigenvalue weighted by atomic mass is 10.2. The highest BCUT2D eigenvalue weighted by Gasteiger charge is 2.08. The SMILES string of the molecule is Cc1ccc(CSCCNC(=O)Cn2nnc3ccccc3c2=O)cc1. The molecule has 0 saturated carbocycles. The first kappa shape index (κ1) is 18.1. The quantitative estimate of drug-likeness (QED) is 0.647. The number of aromatic nitrogens is 3. The lowest BCUT2D eigenvalue weighted by Gasteiger charge is -2.07. The van der Waals surface area contributed by atoms with Crippen LogP contribution in [0.3, 0.4) is 0 Å². The van der Waals surface area contributed by atoms with Gasteiger partial charge in [0.2, 0.25) is 5.91 Å². The first-order valence-corrected chi connectivity index (χ1v) is 9.51. The van der Waals surface area contributed by atoms with Crippen LogP contribution in [0, 0.1) is 6.92 Å². The predicted octanol–water partition coefficient (Wildman–Crippen LogP) is 2.15. The zero-order valence-electron chi connectivity index (χ0n) is 14.5. The Balaban J connectivity index is 1.45. The molecule has 0 fully saturated rings. The summed E-state index contributed by atoms with van der Waals surface area (Å²) >= 11 is 1.75. The lowest BCUT2D eigenvalue weighted by molar-refractivity contribution is -0.121. The zero-order chi connectivity index (χ0) is 18.4. The van der Waals surface area contributed by atoms with Crippen molar-refractivity contribution in [3.05, 3.63) is 70.0 Å². The number of hydrogen-bond acceptors (Lipinski definition) is 5. The van der Waals surface area contributed by atoms with Crippen LogP contribution in [0.4, 0.5) is 0 Å². The minimum Gasteiger partial charge on any atom is -0.354 e. The smallest absolute Gasteiger partial charge is 0.278 e. The van der Waals surface area contributed by atoms with Gasteiger partial charge >= 0.3 is 0 Å². The number of fused-ring (bicyclic) bond motifs is 1. The Morgan fingerprint density at radius 3 is 2.73 bits per heavy atom. The molecule has 134 valence electrons. The summed E-state index contributed by atoms with van der Waals surface area (Å²) in [4.78, 5) is 24.3. The normalized spacial score (nSPS) is 10.8. The largest absolute Gasteiger partial charge is 0.354 e.